The highest BCUT2D eigenvalue weighted by Gasteiger charge is 2.51. The molecule has 1 atom stereocenters. The molecule has 1 heterocycles. The van der Waals surface area contributed by atoms with Gasteiger partial charge in [0.2, 0.25) is 0 Å². The number of nitrogens with zero attached hydrogens (tertiary/aromatic N) is 1. The number of benzene rings is 8. The van der Waals surface area contributed by atoms with E-state index in [1.165, 1.54) is 117 Å². The van der Waals surface area contributed by atoms with Gasteiger partial charge in [-0.1, -0.05) is 207 Å². The van der Waals surface area contributed by atoms with Crippen molar-refractivity contribution in [2.75, 3.05) is 0 Å². The Kier molecular flexibility index (Phi) is 9.60. The smallest absolute Gasteiger partial charge is 0.0725 e. The molecule has 0 N–H and O–H groups in total. The van der Waals surface area contributed by atoms with Crippen molar-refractivity contribution in [3.8, 4) is 39.1 Å². The molecule has 0 fully saturated rings. The molecule has 0 aliphatic heterocycles. The summed E-state index contributed by atoms with van der Waals surface area (Å²) in [6.07, 6.45) is 15.9. The highest BCUT2D eigenvalue weighted by molar-refractivity contribution is 5.95. The fraction of sp³-hybridized carbons (Fsp3) is 0.125. The molecule has 65 heavy (non-hydrogen) atoms. The fourth-order valence-corrected chi connectivity index (χ4v) is 11.2. The molecular formula is C64H51N. The van der Waals surface area contributed by atoms with Gasteiger partial charge in [-0.25, -0.2) is 0 Å². The summed E-state index contributed by atoms with van der Waals surface area (Å²) in [7, 11) is 0. The first kappa shape index (κ1) is 39.1. The summed E-state index contributed by atoms with van der Waals surface area (Å²) in [6, 6.07) is 70.1. The number of hydrogen-bond donors (Lipinski definition) is 0. The van der Waals surface area contributed by atoms with Crippen LogP contribution in [0, 0.1) is 12.8 Å². The standard InChI is InChI=1S/C50H35N.C14H16/c1-2-12-37(13-3-1)51-48-21-11-7-17-42(48)43-32-36(27-29-49(43)51)35-25-22-33(23-26-35)30-34-24-28-41-40-16-6-10-20-46(40)50(47(41)31-34)44-18-8-4-14-38(44)39-15-5-9-19-45(39)50;1-11-3-7-13(8-4-11)14-9-5-12(2)6-10-14/h1-6,8-10,12-29,31-32H,7,11,30H2;3-5,7-10,12H,6H2,1-2H3. The first-order valence-electron chi connectivity index (χ1n) is 23.4. The summed E-state index contributed by atoms with van der Waals surface area (Å²) in [4.78, 5) is 0. The van der Waals surface area contributed by atoms with Crippen LogP contribution in [0.5, 0.6) is 0 Å². The molecule has 1 unspecified atom stereocenters. The summed E-state index contributed by atoms with van der Waals surface area (Å²) in [6.45, 7) is 4.37. The average Bonchev–Trinajstić information content (AvgIpc) is 3.97. The molecule has 0 bridgehead atoms. The molecule has 1 nitrogen and oxygen atoms in total. The largest absolute Gasteiger partial charge is 0.310 e. The maximum atomic E-state index is 2.50. The lowest BCUT2D eigenvalue weighted by molar-refractivity contribution is 0.739. The van der Waals surface area contributed by atoms with Crippen molar-refractivity contribution in [2.24, 2.45) is 5.92 Å². The Morgan fingerprint density at radius 3 is 1.75 bits per heavy atom. The van der Waals surface area contributed by atoms with Crippen LogP contribution in [0.15, 0.2) is 206 Å². The summed E-state index contributed by atoms with van der Waals surface area (Å²) in [5.41, 5.74) is 22.4. The molecule has 0 saturated heterocycles. The van der Waals surface area contributed by atoms with E-state index in [2.05, 4.69) is 237 Å². The van der Waals surface area contributed by atoms with Gasteiger partial charge in [-0.2, -0.15) is 0 Å². The van der Waals surface area contributed by atoms with E-state index in [-0.39, 0.29) is 5.41 Å². The van der Waals surface area contributed by atoms with Crippen LogP contribution in [0.2, 0.25) is 0 Å². The Morgan fingerprint density at radius 1 is 0.508 bits per heavy atom. The summed E-state index contributed by atoms with van der Waals surface area (Å²) in [5.74, 6) is 0.698. The molecule has 1 aromatic heterocycles. The molecule has 1 spiro atoms. The second-order valence-corrected chi connectivity index (χ2v) is 18.4. The highest BCUT2D eigenvalue weighted by atomic mass is 15.0. The van der Waals surface area contributed by atoms with Crippen molar-refractivity contribution in [3.63, 3.8) is 0 Å². The number of aromatic nitrogens is 1. The SMILES string of the molecule is C1=c2c(n(-c3ccccc3)c3ccc(-c4ccc(Cc5ccc6c(c5)C5(c7ccccc7-c7ccccc75)c5ccccc5-6)cc4)cc23)=CCC1.Cc1ccc(C2=CCC(C)C=C2)cc1. The van der Waals surface area contributed by atoms with Gasteiger partial charge in [0.25, 0.3) is 0 Å². The van der Waals surface area contributed by atoms with Crippen molar-refractivity contribution >= 4 is 28.6 Å². The molecule has 9 aromatic rings. The second-order valence-electron chi connectivity index (χ2n) is 18.4. The van der Waals surface area contributed by atoms with E-state index in [0.29, 0.717) is 5.92 Å². The average molecular weight is 834 g/mol. The van der Waals surface area contributed by atoms with Crippen molar-refractivity contribution in [2.45, 2.75) is 44.9 Å². The van der Waals surface area contributed by atoms with Gasteiger partial charge in [0.15, 0.2) is 0 Å². The van der Waals surface area contributed by atoms with Gasteiger partial charge in [-0.15, -0.1) is 0 Å². The lowest BCUT2D eigenvalue weighted by atomic mass is 9.70. The maximum absolute atomic E-state index is 2.50. The molecule has 1 heteroatoms. The van der Waals surface area contributed by atoms with Gasteiger partial charge >= 0.3 is 0 Å². The number of rotatable bonds is 5. The van der Waals surface area contributed by atoms with E-state index in [4.69, 9.17) is 0 Å². The van der Waals surface area contributed by atoms with Crippen molar-refractivity contribution in [1.29, 1.82) is 0 Å². The third-order valence-electron chi connectivity index (χ3n) is 14.4. The second kappa shape index (κ2) is 15.9. The highest BCUT2D eigenvalue weighted by Crippen LogP contribution is 2.62. The van der Waals surface area contributed by atoms with Crippen LogP contribution in [0.3, 0.4) is 0 Å². The normalized spacial score (nSPS) is 15.7. The van der Waals surface area contributed by atoms with E-state index in [9.17, 15) is 0 Å². The summed E-state index contributed by atoms with van der Waals surface area (Å²) < 4.78 is 2.43. The minimum absolute atomic E-state index is 0.300. The van der Waals surface area contributed by atoms with Gasteiger partial charge in [-0.05, 0) is 141 Å². The summed E-state index contributed by atoms with van der Waals surface area (Å²) >= 11 is 0. The molecule has 312 valence electrons. The molecule has 8 aromatic carbocycles. The van der Waals surface area contributed by atoms with Gasteiger partial charge in [0, 0.05) is 21.6 Å². The predicted octanol–water partition coefficient (Wildman–Crippen LogP) is 14.6. The Morgan fingerprint density at radius 2 is 1.09 bits per heavy atom. The molecular weight excluding hydrogens is 783 g/mol. The molecule has 0 radical (unpaired) electrons. The van der Waals surface area contributed by atoms with Gasteiger partial charge in [0.05, 0.1) is 10.9 Å². The Balaban J connectivity index is 0.000000272. The first-order chi connectivity index (χ1) is 32.0. The lowest BCUT2D eigenvalue weighted by Crippen LogP contribution is -2.30. The van der Waals surface area contributed by atoms with Crippen LogP contribution in [0.4, 0.5) is 0 Å². The first-order valence-corrected chi connectivity index (χ1v) is 23.4. The Labute approximate surface area is 382 Å². The molecule has 4 aliphatic carbocycles. The van der Waals surface area contributed by atoms with Gasteiger partial charge < -0.3 is 4.57 Å². The number of allylic oxidation sites excluding steroid dienone is 4. The van der Waals surface area contributed by atoms with Crippen molar-refractivity contribution < 1.29 is 0 Å². The molecule has 4 aliphatic rings. The third-order valence-corrected chi connectivity index (χ3v) is 14.4. The van der Waals surface area contributed by atoms with Crippen LogP contribution in [0.25, 0.3) is 67.7 Å². The third kappa shape index (κ3) is 6.52. The van der Waals surface area contributed by atoms with E-state index < -0.39 is 0 Å². The molecule has 13 rings (SSSR count). The monoisotopic (exact) mass is 833 g/mol. The Bertz CT molecular complexity index is 3420. The number of para-hydroxylation sites is 1. The van der Waals surface area contributed by atoms with E-state index >= 15 is 0 Å². The lowest BCUT2D eigenvalue weighted by Gasteiger charge is -2.30. The zero-order valence-corrected chi connectivity index (χ0v) is 37.1. The fourth-order valence-electron chi connectivity index (χ4n) is 11.2. The van der Waals surface area contributed by atoms with Crippen molar-refractivity contribution in [3.05, 3.63) is 261 Å². The van der Waals surface area contributed by atoms with E-state index in [1.54, 1.807) is 0 Å². The van der Waals surface area contributed by atoms with Gasteiger partial charge in [-0.3, -0.25) is 0 Å². The predicted molar refractivity (Wildman–Crippen MR) is 274 cm³/mol. The molecule has 0 saturated carbocycles. The molecule has 0 amide bonds. The van der Waals surface area contributed by atoms with E-state index in [0.717, 1.165) is 19.3 Å². The van der Waals surface area contributed by atoms with Crippen LogP contribution in [-0.2, 0) is 11.8 Å². The Hall–Kier alpha value is -7.48. The minimum atomic E-state index is -0.300. The van der Waals surface area contributed by atoms with Crippen LogP contribution in [0.1, 0.15) is 70.7 Å². The van der Waals surface area contributed by atoms with Crippen LogP contribution in [-0.4, -0.2) is 4.57 Å². The zero-order valence-electron chi connectivity index (χ0n) is 37.1. The topological polar surface area (TPSA) is 4.93 Å². The number of aryl methyl sites for hydroxylation is 1. The quantitative estimate of drug-likeness (QED) is 0.163. The maximum Gasteiger partial charge on any atom is 0.0725 e. The number of fused-ring (bicyclic) bond motifs is 13. The summed E-state index contributed by atoms with van der Waals surface area (Å²) in [5, 5.41) is 4.01. The zero-order chi connectivity index (χ0) is 43.5. The van der Waals surface area contributed by atoms with Gasteiger partial charge in [0.1, 0.15) is 0 Å². The van der Waals surface area contributed by atoms with Crippen molar-refractivity contribution in [1.82, 2.24) is 4.57 Å². The van der Waals surface area contributed by atoms with E-state index in [1.807, 2.05) is 0 Å². The van der Waals surface area contributed by atoms with Crippen LogP contribution >= 0.6 is 0 Å². The number of hydrogen-bond acceptors (Lipinski definition) is 0. The van der Waals surface area contributed by atoms with Crippen LogP contribution < -0.4 is 10.6 Å². The minimum Gasteiger partial charge on any atom is -0.310 e.